The number of carbonyl (C=O) groups is 1. The number of halogens is 1. The number of anilines is 1. The molecule has 1 N–H and O–H groups in total. The minimum Gasteiger partial charge on any atom is -0.328 e. The van der Waals surface area contributed by atoms with Crippen molar-refractivity contribution in [1.82, 2.24) is 14.8 Å². The molecule has 3 aromatic rings. The van der Waals surface area contributed by atoms with Gasteiger partial charge in [0.25, 0.3) is 0 Å². The zero-order valence-electron chi connectivity index (χ0n) is 15.3. The van der Waals surface area contributed by atoms with Gasteiger partial charge in [0.2, 0.25) is 5.95 Å². The molecule has 1 aromatic heterocycles. The average molecular weight is 391 g/mol. The summed E-state index contributed by atoms with van der Waals surface area (Å²) in [7, 11) is 0. The number of benzene rings is 2. The minimum atomic E-state index is -0.291. The number of aromatic nitrogens is 3. The summed E-state index contributed by atoms with van der Waals surface area (Å²) in [6, 6.07) is 15.8. The molecule has 1 aliphatic carbocycles. The van der Waals surface area contributed by atoms with Crippen molar-refractivity contribution in [2.75, 3.05) is 5.32 Å². The van der Waals surface area contributed by atoms with Crippen LogP contribution in [0.1, 0.15) is 35.1 Å². The number of nitrogens with one attached hydrogen (secondary N) is 1. The first kappa shape index (κ1) is 17.2. The third kappa shape index (κ3) is 2.83. The van der Waals surface area contributed by atoms with Crippen molar-refractivity contribution in [3.8, 4) is 0 Å². The number of hydrogen-bond donors (Lipinski definition) is 1. The first-order valence-electron chi connectivity index (χ1n) is 9.33. The molecule has 6 heteroatoms. The predicted octanol–water partition coefficient (Wildman–Crippen LogP) is 4.51. The third-order valence-corrected chi connectivity index (χ3v) is 5.86. The van der Waals surface area contributed by atoms with Crippen LogP contribution in [0.3, 0.4) is 0 Å². The predicted molar refractivity (Wildman–Crippen MR) is 108 cm³/mol. The molecule has 0 bridgehead atoms. The lowest BCUT2D eigenvalue weighted by Crippen LogP contribution is -2.40. The summed E-state index contributed by atoms with van der Waals surface area (Å²) in [4.78, 5) is 17.6. The third-order valence-electron chi connectivity index (χ3n) is 5.61. The Morgan fingerprint density at radius 1 is 1.07 bits per heavy atom. The molecule has 0 radical (unpaired) electrons. The average Bonchev–Trinajstić information content (AvgIpc) is 3.16. The van der Waals surface area contributed by atoms with E-state index in [1.165, 1.54) is 11.9 Å². The zero-order valence-corrected chi connectivity index (χ0v) is 16.1. The molecule has 1 aliphatic heterocycles. The van der Waals surface area contributed by atoms with Crippen LogP contribution in [0.4, 0.5) is 5.95 Å². The number of carbonyl (C=O) groups excluding carboxylic acids is 1. The SMILES string of the molecule is Cc1ccc([C@H]2[C@H]3C(=O)C[C@@H](c4ccc(Cl)cc4)C=C3Nc3ncnn32)cc1. The highest BCUT2D eigenvalue weighted by molar-refractivity contribution is 6.30. The molecule has 5 nitrogen and oxygen atoms in total. The van der Waals surface area contributed by atoms with Gasteiger partial charge >= 0.3 is 0 Å². The van der Waals surface area contributed by atoms with Crippen LogP contribution in [0.5, 0.6) is 0 Å². The number of fused-ring (bicyclic) bond motifs is 2. The minimum absolute atomic E-state index is 0.0247. The van der Waals surface area contributed by atoms with Gasteiger partial charge in [0, 0.05) is 23.1 Å². The van der Waals surface area contributed by atoms with Gasteiger partial charge in [-0.05, 0) is 30.2 Å². The second-order valence-electron chi connectivity index (χ2n) is 7.44. The molecule has 0 fully saturated rings. The fraction of sp³-hybridized carbons (Fsp3) is 0.227. The topological polar surface area (TPSA) is 59.8 Å². The molecule has 3 atom stereocenters. The fourth-order valence-corrected chi connectivity index (χ4v) is 4.32. The van der Waals surface area contributed by atoms with Gasteiger partial charge in [0.05, 0.1) is 12.0 Å². The first-order valence-corrected chi connectivity index (χ1v) is 9.71. The van der Waals surface area contributed by atoms with Crippen LogP contribution in [0.25, 0.3) is 0 Å². The number of nitrogens with zero attached hydrogens (tertiary/aromatic N) is 3. The van der Waals surface area contributed by atoms with Gasteiger partial charge in [-0.25, -0.2) is 4.68 Å². The van der Waals surface area contributed by atoms with Crippen LogP contribution in [0.15, 0.2) is 66.6 Å². The standard InChI is InChI=1S/C22H19ClN4O/c1-13-2-4-15(5-3-13)21-20-18(26-22-24-12-25-27(21)22)10-16(11-19(20)28)14-6-8-17(23)9-7-14/h2-10,12,16,20-21H,11H2,1H3,(H,24,25,26)/t16-,20+,21-/m0/s1. The van der Waals surface area contributed by atoms with Gasteiger partial charge < -0.3 is 5.32 Å². The van der Waals surface area contributed by atoms with Crippen molar-refractivity contribution >= 4 is 23.3 Å². The van der Waals surface area contributed by atoms with Gasteiger partial charge in [-0.1, -0.05) is 59.6 Å². The molecular formula is C22H19ClN4O. The van der Waals surface area contributed by atoms with E-state index < -0.39 is 0 Å². The summed E-state index contributed by atoms with van der Waals surface area (Å²) in [5, 5.41) is 8.43. The van der Waals surface area contributed by atoms with Crippen LogP contribution >= 0.6 is 11.6 Å². The van der Waals surface area contributed by atoms with Crippen molar-refractivity contribution in [3.63, 3.8) is 0 Å². The summed E-state index contributed by atoms with van der Waals surface area (Å²) in [6.07, 6.45) is 4.15. The molecule has 0 unspecified atom stereocenters. The number of rotatable bonds is 2. The second kappa shape index (κ2) is 6.60. The van der Waals surface area contributed by atoms with E-state index in [4.69, 9.17) is 11.6 Å². The molecule has 2 aromatic carbocycles. The van der Waals surface area contributed by atoms with E-state index >= 15 is 0 Å². The Kier molecular flexibility index (Phi) is 4.05. The van der Waals surface area contributed by atoms with E-state index in [0.717, 1.165) is 16.8 Å². The largest absolute Gasteiger partial charge is 0.328 e. The molecule has 0 spiro atoms. The Labute approximate surface area is 168 Å². The smallest absolute Gasteiger partial charge is 0.226 e. The highest BCUT2D eigenvalue weighted by Crippen LogP contribution is 2.44. The number of aryl methyl sites for hydroxylation is 1. The normalized spacial score (nSPS) is 23.4. The zero-order chi connectivity index (χ0) is 19.3. The van der Waals surface area contributed by atoms with Crippen molar-refractivity contribution < 1.29 is 4.79 Å². The molecule has 2 aliphatic rings. The quantitative estimate of drug-likeness (QED) is 0.699. The van der Waals surface area contributed by atoms with E-state index in [1.54, 1.807) is 0 Å². The Balaban J connectivity index is 1.60. The van der Waals surface area contributed by atoms with Crippen LogP contribution in [-0.4, -0.2) is 20.5 Å². The Hall–Kier alpha value is -2.92. The molecule has 28 heavy (non-hydrogen) atoms. The first-order chi connectivity index (χ1) is 13.6. The van der Waals surface area contributed by atoms with Gasteiger partial charge in [0.1, 0.15) is 12.1 Å². The number of ketones is 1. The summed E-state index contributed by atoms with van der Waals surface area (Å²) in [6.45, 7) is 2.06. The van der Waals surface area contributed by atoms with E-state index in [-0.39, 0.29) is 23.7 Å². The lowest BCUT2D eigenvalue weighted by atomic mass is 9.75. The Morgan fingerprint density at radius 3 is 2.54 bits per heavy atom. The number of Topliss-reactive ketones (excluding diaryl/α,β-unsaturated/α-hetero) is 1. The van der Waals surface area contributed by atoms with Gasteiger partial charge in [-0.3, -0.25) is 4.79 Å². The highest BCUT2D eigenvalue weighted by Gasteiger charge is 2.43. The van der Waals surface area contributed by atoms with Gasteiger partial charge in [-0.15, -0.1) is 0 Å². The van der Waals surface area contributed by atoms with Crippen molar-refractivity contribution in [2.45, 2.75) is 25.3 Å². The molecular weight excluding hydrogens is 372 g/mol. The van der Waals surface area contributed by atoms with E-state index in [0.29, 0.717) is 17.4 Å². The summed E-state index contributed by atoms with van der Waals surface area (Å²) in [5.41, 5.74) is 4.24. The van der Waals surface area contributed by atoms with Gasteiger partial charge in [0.15, 0.2) is 0 Å². The number of allylic oxidation sites excluding steroid dienone is 2. The van der Waals surface area contributed by atoms with Gasteiger partial charge in [-0.2, -0.15) is 10.1 Å². The van der Waals surface area contributed by atoms with Crippen molar-refractivity contribution in [2.24, 2.45) is 5.92 Å². The van der Waals surface area contributed by atoms with Crippen molar-refractivity contribution in [1.29, 1.82) is 0 Å². The Morgan fingerprint density at radius 2 is 1.79 bits per heavy atom. The fourth-order valence-electron chi connectivity index (χ4n) is 4.20. The van der Waals surface area contributed by atoms with Crippen LogP contribution in [0, 0.1) is 12.8 Å². The summed E-state index contributed by atoms with van der Waals surface area (Å²) >= 11 is 6.02. The van der Waals surface area contributed by atoms with Crippen molar-refractivity contribution in [3.05, 3.63) is 88.3 Å². The summed E-state index contributed by atoms with van der Waals surface area (Å²) in [5.74, 6) is 0.603. The monoisotopic (exact) mass is 390 g/mol. The lowest BCUT2D eigenvalue weighted by molar-refractivity contribution is -0.123. The molecule has 0 saturated carbocycles. The highest BCUT2D eigenvalue weighted by atomic mass is 35.5. The maximum Gasteiger partial charge on any atom is 0.226 e. The van der Waals surface area contributed by atoms with Crippen LogP contribution in [-0.2, 0) is 4.79 Å². The molecule has 0 saturated heterocycles. The second-order valence-corrected chi connectivity index (χ2v) is 7.87. The maximum absolute atomic E-state index is 13.3. The number of hydrogen-bond acceptors (Lipinski definition) is 4. The van der Waals surface area contributed by atoms with Crippen LogP contribution < -0.4 is 5.32 Å². The van der Waals surface area contributed by atoms with E-state index in [1.807, 2.05) is 28.9 Å². The van der Waals surface area contributed by atoms with E-state index in [2.05, 4.69) is 52.7 Å². The molecule has 0 amide bonds. The maximum atomic E-state index is 13.3. The van der Waals surface area contributed by atoms with Crippen LogP contribution in [0.2, 0.25) is 5.02 Å². The van der Waals surface area contributed by atoms with E-state index in [9.17, 15) is 4.79 Å². The Bertz CT molecular complexity index is 1070. The molecule has 5 rings (SSSR count). The molecule has 2 heterocycles. The summed E-state index contributed by atoms with van der Waals surface area (Å²) < 4.78 is 1.83. The molecule has 140 valence electrons. The lowest BCUT2D eigenvalue weighted by Gasteiger charge is -2.38.